The van der Waals surface area contributed by atoms with Gasteiger partial charge in [-0.05, 0) is 28.2 Å². The second kappa shape index (κ2) is 9.91. The van der Waals surface area contributed by atoms with Crippen LogP contribution in [0.4, 0.5) is 4.79 Å². The van der Waals surface area contributed by atoms with E-state index in [2.05, 4.69) is 22.8 Å². The number of carbonyl (C=O) groups excluding carboxylic acids is 2. The summed E-state index contributed by atoms with van der Waals surface area (Å²) in [5.41, 5.74) is 4.53. The van der Waals surface area contributed by atoms with E-state index in [1.165, 1.54) is 0 Å². The van der Waals surface area contributed by atoms with Gasteiger partial charge < -0.3 is 20.5 Å². The van der Waals surface area contributed by atoms with Gasteiger partial charge in [0.25, 0.3) is 0 Å². The summed E-state index contributed by atoms with van der Waals surface area (Å²) in [6, 6.07) is 16.1. The number of carboxylic acids is 1. The molecule has 7 nitrogen and oxygen atoms in total. The van der Waals surface area contributed by atoms with Crippen molar-refractivity contribution in [3.63, 3.8) is 0 Å². The number of ether oxygens (including phenoxy) is 1. The number of benzene rings is 2. The standard InChI is InChI=1S/C23H26N2O5/c1-2-15(11-22(27)28)12-24-21(26)13-25-23(29)30-14-20-18-9-5-3-7-16(18)17-8-4-6-10-19(17)20/h3-10,15,20H,2,11-14H2,1H3,(H,24,26)(H,25,29)(H,27,28). The number of carboxylic acid groups (broad SMARTS) is 1. The van der Waals surface area contributed by atoms with E-state index < -0.39 is 12.1 Å². The molecule has 3 N–H and O–H groups in total. The van der Waals surface area contributed by atoms with Crippen molar-refractivity contribution in [1.82, 2.24) is 10.6 Å². The van der Waals surface area contributed by atoms with Crippen molar-refractivity contribution in [2.24, 2.45) is 5.92 Å². The highest BCUT2D eigenvalue weighted by molar-refractivity contribution is 5.82. The average Bonchev–Trinajstić information content (AvgIpc) is 3.07. The lowest BCUT2D eigenvalue weighted by molar-refractivity contribution is -0.138. The summed E-state index contributed by atoms with van der Waals surface area (Å²) >= 11 is 0. The quantitative estimate of drug-likeness (QED) is 0.589. The van der Waals surface area contributed by atoms with Crippen LogP contribution < -0.4 is 10.6 Å². The lowest BCUT2D eigenvalue weighted by Gasteiger charge is -2.15. The van der Waals surface area contributed by atoms with Crippen LogP contribution in [-0.4, -0.2) is 42.8 Å². The van der Waals surface area contributed by atoms with E-state index >= 15 is 0 Å². The highest BCUT2D eigenvalue weighted by Gasteiger charge is 2.29. The Hall–Kier alpha value is -3.35. The SMILES string of the molecule is CCC(CNC(=O)CNC(=O)OCC1c2ccccc2-c2ccccc21)CC(=O)O. The molecular weight excluding hydrogens is 384 g/mol. The van der Waals surface area contributed by atoms with Gasteiger partial charge in [-0.1, -0.05) is 61.9 Å². The highest BCUT2D eigenvalue weighted by Crippen LogP contribution is 2.44. The second-order valence-electron chi connectivity index (χ2n) is 7.36. The summed E-state index contributed by atoms with van der Waals surface area (Å²) in [5.74, 6) is -1.46. The number of rotatable bonds is 9. The molecule has 7 heteroatoms. The molecule has 0 radical (unpaired) electrons. The third-order valence-corrected chi connectivity index (χ3v) is 5.37. The molecule has 158 valence electrons. The highest BCUT2D eigenvalue weighted by atomic mass is 16.5. The van der Waals surface area contributed by atoms with E-state index in [1.54, 1.807) is 0 Å². The Labute approximate surface area is 175 Å². The Balaban J connectivity index is 1.47. The molecule has 2 aromatic carbocycles. The zero-order chi connectivity index (χ0) is 21.5. The van der Waals surface area contributed by atoms with Crippen molar-refractivity contribution in [3.8, 4) is 11.1 Å². The van der Waals surface area contributed by atoms with Crippen LogP contribution in [0.1, 0.15) is 36.8 Å². The zero-order valence-corrected chi connectivity index (χ0v) is 16.9. The molecule has 1 atom stereocenters. The molecule has 0 fully saturated rings. The van der Waals surface area contributed by atoms with Crippen LogP contribution in [0.15, 0.2) is 48.5 Å². The van der Waals surface area contributed by atoms with Gasteiger partial charge in [-0.15, -0.1) is 0 Å². The van der Waals surface area contributed by atoms with Crippen molar-refractivity contribution < 1.29 is 24.2 Å². The normalized spacial score (nSPS) is 13.1. The molecule has 1 aliphatic carbocycles. The van der Waals surface area contributed by atoms with E-state index in [1.807, 2.05) is 43.3 Å². The molecule has 0 heterocycles. The summed E-state index contributed by atoms with van der Waals surface area (Å²) in [4.78, 5) is 34.8. The minimum Gasteiger partial charge on any atom is -0.481 e. The Kier molecular flexibility index (Phi) is 7.06. The Morgan fingerprint density at radius 1 is 1.00 bits per heavy atom. The van der Waals surface area contributed by atoms with Gasteiger partial charge in [0, 0.05) is 18.9 Å². The van der Waals surface area contributed by atoms with Crippen molar-refractivity contribution in [2.45, 2.75) is 25.7 Å². The molecule has 3 rings (SSSR count). The first kappa shape index (κ1) is 21.4. The van der Waals surface area contributed by atoms with Gasteiger partial charge in [0.2, 0.25) is 5.91 Å². The Morgan fingerprint density at radius 2 is 1.60 bits per heavy atom. The third-order valence-electron chi connectivity index (χ3n) is 5.37. The largest absolute Gasteiger partial charge is 0.481 e. The first-order valence-corrected chi connectivity index (χ1v) is 10.1. The van der Waals surface area contributed by atoms with Crippen molar-refractivity contribution in [1.29, 1.82) is 0 Å². The van der Waals surface area contributed by atoms with Crippen LogP contribution in [0.3, 0.4) is 0 Å². The minimum atomic E-state index is -0.895. The minimum absolute atomic E-state index is 0.00339. The predicted molar refractivity (Wildman–Crippen MR) is 112 cm³/mol. The number of hydrogen-bond donors (Lipinski definition) is 3. The fourth-order valence-electron chi connectivity index (χ4n) is 3.73. The second-order valence-corrected chi connectivity index (χ2v) is 7.36. The van der Waals surface area contributed by atoms with Crippen LogP contribution in [0, 0.1) is 5.92 Å². The number of nitrogens with one attached hydrogen (secondary N) is 2. The molecule has 0 saturated heterocycles. The summed E-state index contributed by atoms with van der Waals surface area (Å²) in [6.07, 6.45) is -0.0206. The van der Waals surface area contributed by atoms with Crippen LogP contribution >= 0.6 is 0 Å². The number of hydrogen-bond acceptors (Lipinski definition) is 4. The van der Waals surface area contributed by atoms with Gasteiger partial charge in [0.05, 0.1) is 6.54 Å². The molecule has 0 aliphatic heterocycles. The van der Waals surface area contributed by atoms with Crippen molar-refractivity contribution >= 4 is 18.0 Å². The number of fused-ring (bicyclic) bond motifs is 3. The first-order chi connectivity index (χ1) is 14.5. The molecule has 0 bridgehead atoms. The Bertz CT molecular complexity index is 882. The van der Waals surface area contributed by atoms with Crippen LogP contribution in [-0.2, 0) is 14.3 Å². The number of amides is 2. The maximum absolute atomic E-state index is 12.1. The number of aliphatic carboxylic acids is 1. The summed E-state index contributed by atoms with van der Waals surface area (Å²) in [6.45, 7) is 2.08. The molecule has 1 unspecified atom stereocenters. The number of carbonyl (C=O) groups is 3. The third kappa shape index (κ3) is 5.17. The summed E-state index contributed by atoms with van der Waals surface area (Å²) < 4.78 is 5.38. The van der Waals surface area contributed by atoms with Crippen molar-refractivity contribution in [3.05, 3.63) is 59.7 Å². The van der Waals surface area contributed by atoms with Gasteiger partial charge in [0.15, 0.2) is 0 Å². The fraction of sp³-hybridized carbons (Fsp3) is 0.348. The molecule has 0 saturated carbocycles. The van der Waals surface area contributed by atoms with Crippen LogP contribution in [0.2, 0.25) is 0 Å². The fourth-order valence-corrected chi connectivity index (χ4v) is 3.73. The summed E-state index contributed by atoms with van der Waals surface area (Å²) in [7, 11) is 0. The van der Waals surface area contributed by atoms with Gasteiger partial charge in [-0.3, -0.25) is 9.59 Å². The van der Waals surface area contributed by atoms with Gasteiger partial charge in [-0.2, -0.15) is 0 Å². The maximum atomic E-state index is 12.1. The Morgan fingerprint density at radius 3 is 2.17 bits per heavy atom. The molecule has 30 heavy (non-hydrogen) atoms. The molecule has 2 amide bonds. The molecule has 2 aromatic rings. The molecular formula is C23H26N2O5. The topological polar surface area (TPSA) is 105 Å². The smallest absolute Gasteiger partial charge is 0.407 e. The molecule has 0 aromatic heterocycles. The van der Waals surface area contributed by atoms with E-state index in [4.69, 9.17) is 9.84 Å². The van der Waals surface area contributed by atoms with Crippen LogP contribution in [0.25, 0.3) is 11.1 Å². The van der Waals surface area contributed by atoms with Gasteiger partial charge >= 0.3 is 12.1 Å². The zero-order valence-electron chi connectivity index (χ0n) is 16.9. The summed E-state index contributed by atoms with van der Waals surface area (Å²) in [5, 5.41) is 13.9. The van der Waals surface area contributed by atoms with Gasteiger partial charge in [0.1, 0.15) is 6.61 Å². The molecule has 0 spiro atoms. The molecule has 1 aliphatic rings. The first-order valence-electron chi connectivity index (χ1n) is 10.1. The monoisotopic (exact) mass is 410 g/mol. The van der Waals surface area contributed by atoms with Gasteiger partial charge in [-0.25, -0.2) is 4.79 Å². The van der Waals surface area contributed by atoms with E-state index in [9.17, 15) is 14.4 Å². The van der Waals surface area contributed by atoms with E-state index in [0.717, 1.165) is 22.3 Å². The van der Waals surface area contributed by atoms with E-state index in [0.29, 0.717) is 6.42 Å². The maximum Gasteiger partial charge on any atom is 0.407 e. The average molecular weight is 410 g/mol. The van der Waals surface area contributed by atoms with Crippen molar-refractivity contribution in [2.75, 3.05) is 19.7 Å². The lowest BCUT2D eigenvalue weighted by Crippen LogP contribution is -2.39. The van der Waals surface area contributed by atoms with Crippen LogP contribution in [0.5, 0.6) is 0 Å². The van der Waals surface area contributed by atoms with E-state index in [-0.39, 0.29) is 43.9 Å². The lowest BCUT2D eigenvalue weighted by atomic mass is 9.98. The number of alkyl carbamates (subject to hydrolysis) is 1. The predicted octanol–water partition coefficient (Wildman–Crippen LogP) is 3.14.